The highest BCUT2D eigenvalue weighted by molar-refractivity contribution is 5.67. The number of carboxylic acids is 1. The molecule has 0 bridgehead atoms. The van der Waals surface area contributed by atoms with Crippen LogP contribution >= 0.6 is 0 Å². The van der Waals surface area contributed by atoms with Crippen molar-refractivity contribution in [2.24, 2.45) is 0 Å². The van der Waals surface area contributed by atoms with Gasteiger partial charge in [0, 0.05) is 5.56 Å². The van der Waals surface area contributed by atoms with Gasteiger partial charge in [0.1, 0.15) is 5.75 Å². The van der Waals surface area contributed by atoms with E-state index in [1.807, 2.05) is 0 Å². The number of phenols is 1. The Morgan fingerprint density at radius 3 is 2.71 bits per heavy atom. The first-order chi connectivity index (χ1) is 7.99. The topological polar surface area (TPSA) is 76.0 Å². The molecule has 5 heteroatoms. The molecule has 17 heavy (non-hydrogen) atoms. The second-order valence-corrected chi connectivity index (χ2v) is 4.14. The molecule has 2 unspecified atom stereocenters. The molecule has 1 saturated heterocycles. The zero-order valence-corrected chi connectivity index (χ0v) is 9.42. The number of carboxylic acid groups (broad SMARTS) is 1. The maximum absolute atomic E-state index is 10.6. The highest BCUT2D eigenvalue weighted by Crippen LogP contribution is 2.35. The Morgan fingerprint density at radius 1 is 1.47 bits per heavy atom. The van der Waals surface area contributed by atoms with Crippen LogP contribution < -0.4 is 0 Å². The van der Waals surface area contributed by atoms with Gasteiger partial charge in [0.15, 0.2) is 5.79 Å². The molecule has 2 atom stereocenters. The largest absolute Gasteiger partial charge is 0.508 e. The third-order valence-electron chi connectivity index (χ3n) is 2.73. The Balaban J connectivity index is 2.11. The van der Waals surface area contributed by atoms with Crippen molar-refractivity contribution >= 4 is 5.97 Å². The number of hydrogen-bond acceptors (Lipinski definition) is 4. The lowest BCUT2D eigenvalue weighted by Crippen LogP contribution is -2.24. The fourth-order valence-electron chi connectivity index (χ4n) is 1.85. The summed E-state index contributed by atoms with van der Waals surface area (Å²) in [4.78, 5) is 10.6. The number of hydrogen-bond donors (Lipinski definition) is 2. The molecule has 0 radical (unpaired) electrons. The van der Waals surface area contributed by atoms with Gasteiger partial charge in [-0.1, -0.05) is 0 Å². The van der Waals surface area contributed by atoms with Crippen LogP contribution in [-0.2, 0) is 20.1 Å². The Bertz CT molecular complexity index is 413. The van der Waals surface area contributed by atoms with Gasteiger partial charge in [-0.3, -0.25) is 4.79 Å². The van der Waals surface area contributed by atoms with E-state index in [0.29, 0.717) is 0 Å². The van der Waals surface area contributed by atoms with Crippen molar-refractivity contribution in [1.29, 1.82) is 0 Å². The van der Waals surface area contributed by atoms with E-state index in [9.17, 15) is 9.90 Å². The molecular formula is C12H14O5. The van der Waals surface area contributed by atoms with Gasteiger partial charge in [0.05, 0.1) is 19.1 Å². The quantitative estimate of drug-likeness (QED) is 0.833. The monoisotopic (exact) mass is 238 g/mol. The zero-order valence-electron chi connectivity index (χ0n) is 9.42. The maximum atomic E-state index is 10.6. The van der Waals surface area contributed by atoms with Gasteiger partial charge in [-0.2, -0.15) is 0 Å². The summed E-state index contributed by atoms with van der Waals surface area (Å²) in [6.45, 7) is 1.99. The molecule has 0 aromatic heterocycles. The van der Waals surface area contributed by atoms with Crippen molar-refractivity contribution in [3.05, 3.63) is 29.8 Å². The summed E-state index contributed by atoms with van der Waals surface area (Å²) < 4.78 is 11.1. The van der Waals surface area contributed by atoms with E-state index in [0.717, 1.165) is 5.56 Å². The molecule has 1 aromatic rings. The normalized spacial score (nSPS) is 28.2. The van der Waals surface area contributed by atoms with E-state index in [1.165, 1.54) is 12.1 Å². The minimum absolute atomic E-state index is 0.0757. The van der Waals surface area contributed by atoms with Gasteiger partial charge in [-0.15, -0.1) is 0 Å². The van der Waals surface area contributed by atoms with E-state index in [4.69, 9.17) is 14.6 Å². The third kappa shape index (κ3) is 2.57. The van der Waals surface area contributed by atoms with Crippen LogP contribution in [0, 0.1) is 0 Å². The van der Waals surface area contributed by atoms with Crippen molar-refractivity contribution in [2.75, 3.05) is 6.61 Å². The molecule has 92 valence electrons. The predicted molar refractivity (Wildman–Crippen MR) is 58.5 cm³/mol. The molecule has 0 spiro atoms. The molecule has 5 nitrogen and oxygen atoms in total. The molecule has 2 N–H and O–H groups in total. The minimum Gasteiger partial charge on any atom is -0.508 e. The first-order valence-corrected chi connectivity index (χ1v) is 5.33. The summed E-state index contributed by atoms with van der Waals surface area (Å²) >= 11 is 0. The van der Waals surface area contributed by atoms with Crippen molar-refractivity contribution in [1.82, 2.24) is 0 Å². The summed E-state index contributed by atoms with van der Waals surface area (Å²) in [7, 11) is 0. The lowest BCUT2D eigenvalue weighted by molar-refractivity contribution is -0.166. The maximum Gasteiger partial charge on any atom is 0.306 e. The van der Waals surface area contributed by atoms with Gasteiger partial charge < -0.3 is 19.7 Å². The molecule has 0 saturated carbocycles. The molecule has 1 heterocycles. The summed E-state index contributed by atoms with van der Waals surface area (Å²) in [6.07, 6.45) is -0.514. The van der Waals surface area contributed by atoms with Crippen LogP contribution in [0.3, 0.4) is 0 Å². The molecule has 0 amide bonds. The van der Waals surface area contributed by atoms with E-state index < -0.39 is 17.9 Å². The van der Waals surface area contributed by atoms with Crippen LogP contribution in [0.4, 0.5) is 0 Å². The van der Waals surface area contributed by atoms with Crippen molar-refractivity contribution in [3.8, 4) is 5.75 Å². The number of ether oxygens (including phenoxy) is 2. The van der Waals surface area contributed by atoms with Gasteiger partial charge in [0.2, 0.25) is 0 Å². The van der Waals surface area contributed by atoms with Gasteiger partial charge >= 0.3 is 5.97 Å². The molecule has 1 aromatic carbocycles. The molecule has 1 aliphatic rings. The summed E-state index contributed by atoms with van der Waals surface area (Å²) in [5, 5.41) is 17.9. The first-order valence-electron chi connectivity index (χ1n) is 5.33. The van der Waals surface area contributed by atoms with Crippen LogP contribution in [0.5, 0.6) is 5.75 Å². The molecule has 1 fully saturated rings. The van der Waals surface area contributed by atoms with Crippen LogP contribution in [0.2, 0.25) is 0 Å². The molecule has 1 aliphatic heterocycles. The number of benzene rings is 1. The number of aromatic hydroxyl groups is 1. The van der Waals surface area contributed by atoms with E-state index in [-0.39, 0.29) is 18.8 Å². The molecule has 2 rings (SSSR count). The zero-order chi connectivity index (χ0) is 12.5. The van der Waals surface area contributed by atoms with E-state index >= 15 is 0 Å². The Labute approximate surface area is 98.6 Å². The lowest BCUT2D eigenvalue weighted by Gasteiger charge is -2.23. The number of phenolic OH excluding ortho intramolecular Hbond substituents is 1. The summed E-state index contributed by atoms with van der Waals surface area (Å²) in [6, 6.07) is 6.46. The second-order valence-electron chi connectivity index (χ2n) is 4.14. The molecular weight excluding hydrogens is 224 g/mol. The van der Waals surface area contributed by atoms with E-state index in [2.05, 4.69) is 0 Å². The number of aliphatic carboxylic acids is 1. The predicted octanol–water partition coefficient (Wildman–Crippen LogP) is 1.45. The van der Waals surface area contributed by atoms with Crippen LogP contribution in [0.25, 0.3) is 0 Å². The average molecular weight is 238 g/mol. The molecule has 0 aliphatic carbocycles. The van der Waals surface area contributed by atoms with Crippen molar-refractivity contribution in [3.63, 3.8) is 0 Å². The fourth-order valence-corrected chi connectivity index (χ4v) is 1.85. The van der Waals surface area contributed by atoms with Gasteiger partial charge in [-0.25, -0.2) is 0 Å². The first kappa shape index (κ1) is 11.9. The lowest BCUT2D eigenvalue weighted by atomic mass is 10.1. The van der Waals surface area contributed by atoms with Crippen molar-refractivity contribution in [2.45, 2.75) is 25.2 Å². The van der Waals surface area contributed by atoms with Crippen LogP contribution in [-0.4, -0.2) is 28.9 Å². The SMILES string of the molecule is CC1(c2ccc(O)cc2)OCC(CC(=O)O)O1. The highest BCUT2D eigenvalue weighted by Gasteiger charge is 2.39. The van der Waals surface area contributed by atoms with Crippen LogP contribution in [0.15, 0.2) is 24.3 Å². The highest BCUT2D eigenvalue weighted by atomic mass is 16.7. The Hall–Kier alpha value is -1.59. The summed E-state index contributed by atoms with van der Waals surface area (Å²) in [5.74, 6) is -1.68. The number of carbonyl (C=O) groups is 1. The number of rotatable bonds is 3. The smallest absolute Gasteiger partial charge is 0.306 e. The Morgan fingerprint density at radius 2 is 2.12 bits per heavy atom. The van der Waals surface area contributed by atoms with Crippen molar-refractivity contribution < 1.29 is 24.5 Å². The van der Waals surface area contributed by atoms with E-state index in [1.54, 1.807) is 19.1 Å². The van der Waals surface area contributed by atoms with Crippen LogP contribution in [0.1, 0.15) is 18.9 Å². The van der Waals surface area contributed by atoms with Gasteiger partial charge in [-0.05, 0) is 31.2 Å². The fraction of sp³-hybridized carbons (Fsp3) is 0.417. The average Bonchev–Trinajstić information content (AvgIpc) is 2.61. The second kappa shape index (κ2) is 4.35. The standard InChI is InChI=1S/C12H14O5/c1-12(8-2-4-9(13)5-3-8)16-7-10(17-12)6-11(14)15/h2-5,10,13H,6-7H2,1H3,(H,14,15). The minimum atomic E-state index is -0.937. The summed E-state index contributed by atoms with van der Waals surface area (Å²) in [5.41, 5.74) is 0.753. The van der Waals surface area contributed by atoms with Gasteiger partial charge in [0.25, 0.3) is 0 Å². The third-order valence-corrected chi connectivity index (χ3v) is 2.73. The Kier molecular flexibility index (Phi) is 3.04.